The average Bonchev–Trinajstić information content (AvgIpc) is 2.68. The van der Waals surface area contributed by atoms with Crippen molar-refractivity contribution in [2.24, 2.45) is 0 Å². The number of aromatic nitrogens is 1. The van der Waals surface area contributed by atoms with Gasteiger partial charge in [0.05, 0.1) is 6.42 Å². The number of carboxylic acids is 1. The molecule has 0 spiro atoms. The number of carboxylic acid groups (broad SMARTS) is 1. The van der Waals surface area contributed by atoms with Gasteiger partial charge in [-0.3, -0.25) is 4.79 Å². The Morgan fingerprint density at radius 1 is 1.37 bits per heavy atom. The van der Waals surface area contributed by atoms with Crippen molar-refractivity contribution in [3.8, 4) is 5.88 Å². The van der Waals surface area contributed by atoms with Gasteiger partial charge in [0.25, 0.3) is 5.88 Å². The lowest BCUT2D eigenvalue weighted by Gasteiger charge is -2.13. The van der Waals surface area contributed by atoms with Gasteiger partial charge in [0, 0.05) is 12.3 Å². The van der Waals surface area contributed by atoms with Gasteiger partial charge in [0.1, 0.15) is 0 Å². The zero-order chi connectivity index (χ0) is 13.8. The van der Waals surface area contributed by atoms with Crippen molar-refractivity contribution in [3.05, 3.63) is 47.5 Å². The number of aromatic hydroxyl groups is 1. The molecule has 0 fully saturated rings. The highest BCUT2D eigenvalue weighted by Crippen LogP contribution is 2.26. The number of rotatable bonds is 5. The second kappa shape index (κ2) is 5.56. The molecule has 2 N–H and O–H groups in total. The van der Waals surface area contributed by atoms with Crippen molar-refractivity contribution in [1.82, 2.24) is 4.98 Å². The molecule has 1 atom stereocenters. The lowest BCUT2D eigenvalue weighted by Crippen LogP contribution is -2.09. The minimum absolute atomic E-state index is 0.00774. The minimum atomic E-state index is -0.874. The van der Waals surface area contributed by atoms with Gasteiger partial charge >= 0.3 is 5.97 Å². The van der Waals surface area contributed by atoms with Crippen molar-refractivity contribution in [2.75, 3.05) is 0 Å². The van der Waals surface area contributed by atoms with Crippen molar-refractivity contribution in [3.63, 3.8) is 0 Å². The Labute approximate surface area is 110 Å². The topological polar surface area (TPSA) is 83.6 Å². The summed E-state index contributed by atoms with van der Waals surface area (Å²) in [6.07, 6.45) is 0.337. The number of aryl methyl sites for hydroxylation is 1. The first-order valence-electron chi connectivity index (χ1n) is 5.98. The molecule has 0 saturated heterocycles. The van der Waals surface area contributed by atoms with Gasteiger partial charge in [-0.15, -0.1) is 0 Å². The zero-order valence-corrected chi connectivity index (χ0v) is 10.5. The summed E-state index contributed by atoms with van der Waals surface area (Å²) < 4.78 is 5.29. The molecule has 5 nitrogen and oxygen atoms in total. The van der Waals surface area contributed by atoms with Gasteiger partial charge in [0.2, 0.25) is 0 Å². The van der Waals surface area contributed by atoms with Crippen molar-refractivity contribution >= 4 is 5.97 Å². The molecule has 1 unspecified atom stereocenters. The van der Waals surface area contributed by atoms with Crippen LogP contribution in [0.15, 0.2) is 34.7 Å². The molecular weight excluding hydrogens is 246 g/mol. The van der Waals surface area contributed by atoms with Crippen LogP contribution >= 0.6 is 0 Å². The maximum Gasteiger partial charge on any atom is 0.303 e. The van der Waals surface area contributed by atoms with Crippen LogP contribution < -0.4 is 0 Å². The Morgan fingerprint density at radius 2 is 2.05 bits per heavy atom. The van der Waals surface area contributed by atoms with Crippen molar-refractivity contribution in [2.45, 2.75) is 25.7 Å². The highest BCUT2D eigenvalue weighted by atomic mass is 16.4. The van der Waals surface area contributed by atoms with E-state index in [1.165, 1.54) is 0 Å². The van der Waals surface area contributed by atoms with Gasteiger partial charge in [-0.05, 0) is 12.5 Å². The smallest absolute Gasteiger partial charge is 0.303 e. The zero-order valence-electron chi connectivity index (χ0n) is 10.5. The Hall–Kier alpha value is -2.30. The normalized spacial score (nSPS) is 12.3. The van der Waals surface area contributed by atoms with Crippen molar-refractivity contribution < 1.29 is 19.4 Å². The quantitative estimate of drug-likeness (QED) is 0.863. The van der Waals surface area contributed by atoms with Crippen LogP contribution in [0.4, 0.5) is 0 Å². The van der Waals surface area contributed by atoms with E-state index in [2.05, 4.69) is 4.98 Å². The number of benzene rings is 1. The fraction of sp³-hybridized carbons (Fsp3) is 0.286. The predicted octanol–water partition coefficient (Wildman–Crippen LogP) is 2.49. The molecule has 0 saturated carbocycles. The van der Waals surface area contributed by atoms with Gasteiger partial charge < -0.3 is 14.6 Å². The molecule has 0 amide bonds. The third-order valence-corrected chi connectivity index (χ3v) is 2.93. The lowest BCUT2D eigenvalue weighted by atomic mass is 9.92. The number of hydrogen-bond acceptors (Lipinski definition) is 4. The molecule has 1 aromatic heterocycles. The second-order valence-corrected chi connectivity index (χ2v) is 4.40. The molecule has 2 rings (SSSR count). The van der Waals surface area contributed by atoms with E-state index in [9.17, 15) is 9.90 Å². The summed E-state index contributed by atoms with van der Waals surface area (Å²) in [7, 11) is 0. The summed E-state index contributed by atoms with van der Waals surface area (Å²) in [5.74, 6) is -0.545. The van der Waals surface area contributed by atoms with E-state index in [4.69, 9.17) is 9.52 Å². The van der Waals surface area contributed by atoms with Crippen LogP contribution in [-0.4, -0.2) is 21.2 Å². The highest BCUT2D eigenvalue weighted by Gasteiger charge is 2.19. The fourth-order valence-electron chi connectivity index (χ4n) is 1.98. The fourth-order valence-corrected chi connectivity index (χ4v) is 1.98. The minimum Gasteiger partial charge on any atom is -0.491 e. The van der Waals surface area contributed by atoms with Crippen LogP contribution in [-0.2, 0) is 11.2 Å². The number of carbonyl (C=O) groups is 1. The Balaban J connectivity index is 2.21. The summed E-state index contributed by atoms with van der Waals surface area (Å²) in [5.41, 5.74) is 0.917. The SMILES string of the molecule is Cc1oc(CC(CC(=O)O)c2ccccc2)nc1O. The Bertz CT molecular complexity index is 543. The molecule has 0 aliphatic heterocycles. The summed E-state index contributed by atoms with van der Waals surface area (Å²) in [6.45, 7) is 1.61. The third-order valence-electron chi connectivity index (χ3n) is 2.93. The predicted molar refractivity (Wildman–Crippen MR) is 68.0 cm³/mol. The van der Waals surface area contributed by atoms with E-state index in [0.717, 1.165) is 5.56 Å². The van der Waals surface area contributed by atoms with Gasteiger partial charge in [0.15, 0.2) is 11.7 Å². The third kappa shape index (κ3) is 3.34. The molecule has 100 valence electrons. The average molecular weight is 261 g/mol. The van der Waals surface area contributed by atoms with E-state index < -0.39 is 5.97 Å². The van der Waals surface area contributed by atoms with E-state index in [1.807, 2.05) is 30.3 Å². The first-order chi connectivity index (χ1) is 9.06. The van der Waals surface area contributed by atoms with Crippen molar-refractivity contribution in [1.29, 1.82) is 0 Å². The number of aliphatic carboxylic acids is 1. The number of hydrogen-bond donors (Lipinski definition) is 2. The maximum atomic E-state index is 10.9. The second-order valence-electron chi connectivity index (χ2n) is 4.40. The van der Waals surface area contributed by atoms with Crippen LogP contribution in [0.5, 0.6) is 5.88 Å². The summed E-state index contributed by atoms with van der Waals surface area (Å²) in [6, 6.07) is 9.36. The molecular formula is C14H15NO4. The first-order valence-corrected chi connectivity index (χ1v) is 5.98. The monoisotopic (exact) mass is 261 g/mol. The van der Waals surface area contributed by atoms with Gasteiger partial charge in [-0.1, -0.05) is 30.3 Å². The Kier molecular flexibility index (Phi) is 3.85. The largest absolute Gasteiger partial charge is 0.491 e. The Morgan fingerprint density at radius 3 is 2.58 bits per heavy atom. The maximum absolute atomic E-state index is 10.9. The first kappa shape index (κ1) is 13.1. The highest BCUT2D eigenvalue weighted by molar-refractivity contribution is 5.68. The van der Waals surface area contributed by atoms with Crippen LogP contribution in [0.25, 0.3) is 0 Å². The van der Waals surface area contributed by atoms with Crippen LogP contribution in [0.1, 0.15) is 29.6 Å². The van der Waals surface area contributed by atoms with E-state index in [0.29, 0.717) is 18.1 Å². The molecule has 5 heteroatoms. The van der Waals surface area contributed by atoms with Crippen LogP contribution in [0.3, 0.4) is 0 Å². The summed E-state index contributed by atoms with van der Waals surface area (Å²) in [4.78, 5) is 14.8. The number of oxazole rings is 1. The van der Waals surface area contributed by atoms with E-state index in [-0.39, 0.29) is 18.2 Å². The molecule has 0 radical (unpaired) electrons. The molecule has 1 heterocycles. The molecule has 19 heavy (non-hydrogen) atoms. The summed E-state index contributed by atoms with van der Waals surface area (Å²) >= 11 is 0. The molecule has 0 aliphatic rings. The van der Waals surface area contributed by atoms with E-state index >= 15 is 0 Å². The standard InChI is InChI=1S/C14H15NO4/c1-9-14(18)15-12(19-9)7-11(8-13(16)17)10-5-3-2-4-6-10/h2-6,11,18H,7-8H2,1H3,(H,16,17). The summed E-state index contributed by atoms with van der Waals surface area (Å²) in [5, 5.41) is 18.4. The van der Waals surface area contributed by atoms with Crippen LogP contribution in [0, 0.1) is 6.92 Å². The van der Waals surface area contributed by atoms with E-state index in [1.54, 1.807) is 6.92 Å². The molecule has 0 bridgehead atoms. The van der Waals surface area contributed by atoms with Gasteiger partial charge in [-0.2, -0.15) is 4.98 Å². The molecule has 1 aromatic carbocycles. The lowest BCUT2D eigenvalue weighted by molar-refractivity contribution is -0.137. The number of nitrogens with zero attached hydrogens (tertiary/aromatic N) is 1. The van der Waals surface area contributed by atoms with Crippen LogP contribution in [0.2, 0.25) is 0 Å². The molecule has 0 aliphatic carbocycles. The molecule has 2 aromatic rings. The van der Waals surface area contributed by atoms with Gasteiger partial charge in [-0.25, -0.2) is 0 Å².